The molecule has 2 atom stereocenters. The Balaban J connectivity index is 2.25. The molecule has 0 bridgehead atoms. The Bertz CT molecular complexity index is 257. The smallest absolute Gasteiger partial charge is 0.0967 e. The molecule has 1 saturated heterocycles. The lowest BCUT2D eigenvalue weighted by molar-refractivity contribution is 0.262. The first-order chi connectivity index (χ1) is 8.02. The fourth-order valence-electron chi connectivity index (χ4n) is 2.34. The molecular weight excluding hydrogens is 212 g/mol. The van der Waals surface area contributed by atoms with Crippen LogP contribution in [0.4, 0.5) is 0 Å². The number of likely N-dealkylation sites (tertiary alicyclic amines) is 1. The summed E-state index contributed by atoms with van der Waals surface area (Å²) in [6.45, 7) is 7.52. The molecule has 1 aliphatic rings. The Kier molecular flexibility index (Phi) is 5.90. The first kappa shape index (κ1) is 14.4. The van der Waals surface area contributed by atoms with E-state index in [1.165, 1.54) is 13.0 Å². The summed E-state index contributed by atoms with van der Waals surface area (Å²) in [7, 11) is 4.29. The summed E-state index contributed by atoms with van der Waals surface area (Å²) in [6.07, 6.45) is 2.18. The summed E-state index contributed by atoms with van der Waals surface area (Å²) in [6, 6.07) is 3.41. The Morgan fingerprint density at radius 1 is 1.47 bits per heavy atom. The van der Waals surface area contributed by atoms with E-state index in [0.29, 0.717) is 12.1 Å². The van der Waals surface area contributed by atoms with Crippen molar-refractivity contribution in [3.63, 3.8) is 0 Å². The van der Waals surface area contributed by atoms with Crippen molar-refractivity contribution in [2.75, 3.05) is 33.7 Å². The number of nitrogens with zero attached hydrogens (tertiary/aromatic N) is 3. The highest BCUT2D eigenvalue weighted by atomic mass is 15.2. The quantitative estimate of drug-likeness (QED) is 0.747. The topological polar surface area (TPSA) is 42.3 Å². The molecule has 0 aromatic carbocycles. The fraction of sp³-hybridized carbons (Fsp3) is 0.923. The zero-order valence-corrected chi connectivity index (χ0v) is 11.6. The minimum atomic E-state index is -0.00611. The van der Waals surface area contributed by atoms with Crippen LogP contribution in [0, 0.1) is 11.3 Å². The van der Waals surface area contributed by atoms with Crippen molar-refractivity contribution >= 4 is 0 Å². The largest absolute Gasteiger partial charge is 0.305 e. The van der Waals surface area contributed by atoms with Gasteiger partial charge in [-0.1, -0.05) is 0 Å². The van der Waals surface area contributed by atoms with Crippen molar-refractivity contribution in [2.45, 2.75) is 44.8 Å². The molecule has 1 rings (SSSR count). The van der Waals surface area contributed by atoms with Crippen LogP contribution in [-0.4, -0.2) is 61.7 Å². The van der Waals surface area contributed by atoms with Gasteiger partial charge in [0.25, 0.3) is 0 Å². The normalized spacial score (nSPS) is 23.2. The molecule has 0 spiro atoms. The average Bonchev–Trinajstić information content (AvgIpc) is 2.72. The Morgan fingerprint density at radius 2 is 2.18 bits per heavy atom. The molecule has 17 heavy (non-hydrogen) atoms. The molecule has 0 amide bonds. The van der Waals surface area contributed by atoms with Gasteiger partial charge in [-0.25, -0.2) is 0 Å². The molecular formula is C13H26N4. The summed E-state index contributed by atoms with van der Waals surface area (Å²) >= 11 is 0. The zero-order chi connectivity index (χ0) is 12.8. The molecule has 0 aliphatic carbocycles. The number of nitrogens with one attached hydrogen (secondary N) is 1. The van der Waals surface area contributed by atoms with Crippen molar-refractivity contribution < 1.29 is 0 Å². The number of nitriles is 1. The molecule has 0 radical (unpaired) electrons. The van der Waals surface area contributed by atoms with Crippen LogP contribution >= 0.6 is 0 Å². The van der Waals surface area contributed by atoms with E-state index in [0.717, 1.165) is 19.5 Å². The number of hydrogen-bond donors (Lipinski definition) is 1. The van der Waals surface area contributed by atoms with E-state index < -0.39 is 0 Å². The SMILES string of the molecule is CC(C)NC(C#N)CCN1CCC(N(C)C)C1. The Labute approximate surface area is 106 Å². The lowest BCUT2D eigenvalue weighted by Gasteiger charge is -2.21. The van der Waals surface area contributed by atoms with E-state index in [9.17, 15) is 0 Å². The van der Waals surface area contributed by atoms with Gasteiger partial charge in [0.2, 0.25) is 0 Å². The van der Waals surface area contributed by atoms with Gasteiger partial charge in [-0.05, 0) is 47.3 Å². The molecule has 1 N–H and O–H groups in total. The second-order valence-electron chi connectivity index (χ2n) is 5.50. The third-order valence-corrected chi connectivity index (χ3v) is 3.40. The van der Waals surface area contributed by atoms with Crippen molar-refractivity contribution in [2.24, 2.45) is 0 Å². The molecule has 1 fully saturated rings. The summed E-state index contributed by atoms with van der Waals surface area (Å²) in [5.41, 5.74) is 0. The lowest BCUT2D eigenvalue weighted by atomic mass is 10.2. The molecule has 1 heterocycles. The fourth-order valence-corrected chi connectivity index (χ4v) is 2.34. The van der Waals surface area contributed by atoms with Crippen LogP contribution in [0.15, 0.2) is 0 Å². The molecule has 4 nitrogen and oxygen atoms in total. The minimum Gasteiger partial charge on any atom is -0.305 e. The van der Waals surface area contributed by atoms with Crippen molar-refractivity contribution in [1.29, 1.82) is 5.26 Å². The van der Waals surface area contributed by atoms with Crippen LogP contribution in [0.25, 0.3) is 0 Å². The van der Waals surface area contributed by atoms with Crippen molar-refractivity contribution in [3.8, 4) is 6.07 Å². The number of rotatable bonds is 6. The van der Waals surface area contributed by atoms with Crippen LogP contribution in [0.5, 0.6) is 0 Å². The molecule has 98 valence electrons. The summed E-state index contributed by atoms with van der Waals surface area (Å²) in [5.74, 6) is 0. The average molecular weight is 238 g/mol. The van der Waals surface area contributed by atoms with Crippen LogP contribution in [-0.2, 0) is 0 Å². The van der Waals surface area contributed by atoms with Gasteiger partial charge in [-0.3, -0.25) is 5.32 Å². The monoisotopic (exact) mass is 238 g/mol. The van der Waals surface area contributed by atoms with Gasteiger partial charge in [0.05, 0.1) is 12.1 Å². The maximum Gasteiger partial charge on any atom is 0.0967 e. The lowest BCUT2D eigenvalue weighted by Crippen LogP contribution is -2.37. The molecule has 0 saturated carbocycles. The van der Waals surface area contributed by atoms with Crippen LogP contribution in [0.3, 0.4) is 0 Å². The maximum atomic E-state index is 9.05. The summed E-state index contributed by atoms with van der Waals surface area (Å²) in [5, 5.41) is 12.3. The Hall–Kier alpha value is -0.630. The summed E-state index contributed by atoms with van der Waals surface area (Å²) < 4.78 is 0. The van der Waals surface area contributed by atoms with E-state index in [2.05, 4.69) is 49.1 Å². The van der Waals surface area contributed by atoms with E-state index in [-0.39, 0.29) is 6.04 Å². The van der Waals surface area contributed by atoms with E-state index in [1.54, 1.807) is 0 Å². The third-order valence-electron chi connectivity index (χ3n) is 3.40. The molecule has 0 aromatic rings. The van der Waals surface area contributed by atoms with Crippen molar-refractivity contribution in [3.05, 3.63) is 0 Å². The van der Waals surface area contributed by atoms with Gasteiger partial charge in [0.15, 0.2) is 0 Å². The molecule has 1 aliphatic heterocycles. The molecule has 4 heteroatoms. The van der Waals surface area contributed by atoms with Crippen LogP contribution < -0.4 is 5.32 Å². The highest BCUT2D eigenvalue weighted by Crippen LogP contribution is 2.13. The van der Waals surface area contributed by atoms with Gasteiger partial charge < -0.3 is 9.80 Å². The molecule has 0 aromatic heterocycles. The van der Waals surface area contributed by atoms with Gasteiger partial charge in [0.1, 0.15) is 0 Å². The minimum absolute atomic E-state index is 0.00611. The van der Waals surface area contributed by atoms with Gasteiger partial charge in [-0.15, -0.1) is 0 Å². The van der Waals surface area contributed by atoms with Gasteiger partial charge in [-0.2, -0.15) is 5.26 Å². The predicted molar refractivity (Wildman–Crippen MR) is 70.8 cm³/mol. The number of likely N-dealkylation sites (N-methyl/N-ethyl adjacent to an activating group) is 1. The second kappa shape index (κ2) is 6.95. The van der Waals surface area contributed by atoms with E-state index >= 15 is 0 Å². The second-order valence-corrected chi connectivity index (χ2v) is 5.50. The highest BCUT2D eigenvalue weighted by molar-refractivity contribution is 4.92. The van der Waals surface area contributed by atoms with E-state index in [4.69, 9.17) is 5.26 Å². The van der Waals surface area contributed by atoms with Gasteiger partial charge in [0, 0.05) is 25.2 Å². The molecule has 2 unspecified atom stereocenters. The zero-order valence-electron chi connectivity index (χ0n) is 11.6. The maximum absolute atomic E-state index is 9.05. The number of hydrogen-bond acceptors (Lipinski definition) is 4. The third kappa shape index (κ3) is 5.03. The van der Waals surface area contributed by atoms with Gasteiger partial charge >= 0.3 is 0 Å². The van der Waals surface area contributed by atoms with Crippen LogP contribution in [0.2, 0.25) is 0 Å². The highest BCUT2D eigenvalue weighted by Gasteiger charge is 2.24. The predicted octanol–water partition coefficient (Wildman–Crippen LogP) is 0.903. The van der Waals surface area contributed by atoms with Crippen molar-refractivity contribution in [1.82, 2.24) is 15.1 Å². The Morgan fingerprint density at radius 3 is 2.65 bits per heavy atom. The standard InChI is InChI=1S/C13H26N4/c1-11(2)15-12(9-14)5-7-17-8-6-13(10-17)16(3)4/h11-13,15H,5-8,10H2,1-4H3. The van der Waals surface area contributed by atoms with Crippen LogP contribution in [0.1, 0.15) is 26.7 Å². The first-order valence-electron chi connectivity index (χ1n) is 6.57. The first-order valence-corrected chi connectivity index (χ1v) is 6.57. The van der Waals surface area contributed by atoms with E-state index in [1.807, 2.05) is 0 Å². The summed E-state index contributed by atoms with van der Waals surface area (Å²) in [4.78, 5) is 4.77.